The lowest BCUT2D eigenvalue weighted by Gasteiger charge is -2.46. The van der Waals surface area contributed by atoms with Crippen LogP contribution in [0.15, 0.2) is 115 Å². The molecule has 5 aromatic rings. The van der Waals surface area contributed by atoms with Gasteiger partial charge in [-0.05, 0) is 70.6 Å². The van der Waals surface area contributed by atoms with Crippen molar-refractivity contribution in [3.8, 4) is 29.1 Å². The molecule has 9 rings (SSSR count). The van der Waals surface area contributed by atoms with Crippen molar-refractivity contribution in [2.75, 3.05) is 65.8 Å². The Morgan fingerprint density at radius 3 is 2.16 bits per heavy atom. The topological polar surface area (TPSA) is 174 Å². The molecule has 2 fully saturated rings. The summed E-state index contributed by atoms with van der Waals surface area (Å²) in [5.41, 5.74) is 2.25. The van der Waals surface area contributed by atoms with Crippen molar-refractivity contribution in [3.63, 3.8) is 0 Å². The van der Waals surface area contributed by atoms with Gasteiger partial charge in [0.05, 0.1) is 57.7 Å². The number of para-hydroxylation sites is 1. The van der Waals surface area contributed by atoms with Crippen LogP contribution < -0.4 is 19.1 Å². The standard InChI is InChI=1S/C54H53N3O12/c1-64-28-29-68-53(63)56-41-22-21-34(14-12-13-25-58)30-40(41)54(52(56)62)45(50(60)55-24-23-37-31-43(65-2)44(66-3)32-38(37)33-55)47-51(61)69-48(36-17-8-5-9-18-36)46(35-15-6-4-7-16-35)57(47)49(54)39-19-10-11-20-42(39)67-27-26-59/h4-11,15-22,30-32,45-49,58-59H,13,23-29,33H2,1-3H3/t45-,46-,47-,48+,49+,54-/m0/s1. The molecule has 3 amide bonds. The fraction of sp³-hybridized carbons (Fsp3) is 0.333. The highest BCUT2D eigenvalue weighted by Gasteiger charge is 2.76. The van der Waals surface area contributed by atoms with Gasteiger partial charge in [-0.1, -0.05) is 90.7 Å². The molecule has 5 aromatic carbocycles. The van der Waals surface area contributed by atoms with Crippen LogP contribution in [0.25, 0.3) is 0 Å². The number of hydrogen-bond donors (Lipinski definition) is 2. The summed E-state index contributed by atoms with van der Waals surface area (Å²) in [7, 11) is 4.55. The van der Waals surface area contributed by atoms with Gasteiger partial charge < -0.3 is 43.5 Å². The van der Waals surface area contributed by atoms with Gasteiger partial charge in [0.2, 0.25) is 11.8 Å². The van der Waals surface area contributed by atoms with Gasteiger partial charge >= 0.3 is 12.1 Å². The quantitative estimate of drug-likeness (QED) is 0.0820. The predicted molar refractivity (Wildman–Crippen MR) is 251 cm³/mol. The summed E-state index contributed by atoms with van der Waals surface area (Å²) >= 11 is 0. The fourth-order valence-corrected chi connectivity index (χ4v) is 10.7. The van der Waals surface area contributed by atoms with Crippen molar-refractivity contribution < 1.29 is 57.8 Å². The molecule has 69 heavy (non-hydrogen) atoms. The van der Waals surface area contributed by atoms with Crippen LogP contribution >= 0.6 is 0 Å². The molecule has 0 unspecified atom stereocenters. The number of ether oxygens (including phenoxy) is 6. The number of anilines is 1. The number of benzene rings is 5. The molecule has 15 heteroatoms. The van der Waals surface area contributed by atoms with E-state index in [1.807, 2.05) is 77.7 Å². The second kappa shape index (κ2) is 20.2. The van der Waals surface area contributed by atoms with Gasteiger partial charge in [0.25, 0.3) is 0 Å². The first-order valence-electron chi connectivity index (χ1n) is 22.9. The minimum atomic E-state index is -2.11. The van der Waals surface area contributed by atoms with Crippen LogP contribution in [0.4, 0.5) is 10.5 Å². The van der Waals surface area contributed by atoms with Crippen molar-refractivity contribution in [2.45, 2.75) is 49.0 Å². The highest BCUT2D eigenvalue weighted by molar-refractivity contribution is 6.23. The van der Waals surface area contributed by atoms with Crippen LogP contribution in [0, 0.1) is 17.8 Å². The number of aliphatic hydroxyl groups is 2. The summed E-state index contributed by atoms with van der Waals surface area (Å²) in [5, 5.41) is 19.8. The number of nitrogens with zero attached hydrogens (tertiary/aromatic N) is 3. The fourth-order valence-electron chi connectivity index (χ4n) is 10.7. The normalized spacial score (nSPS) is 22.5. The number of hydrogen-bond acceptors (Lipinski definition) is 13. The molecule has 0 bridgehead atoms. The number of carbonyl (C=O) groups excluding carboxylic acids is 4. The lowest BCUT2D eigenvalue weighted by Crippen LogP contribution is -2.57. The average Bonchev–Trinajstić information content (AvgIpc) is 3.84. The monoisotopic (exact) mass is 935 g/mol. The number of rotatable bonds is 13. The summed E-state index contributed by atoms with van der Waals surface area (Å²) in [4.78, 5) is 67.8. The lowest BCUT2D eigenvalue weighted by atomic mass is 9.64. The van der Waals surface area contributed by atoms with Crippen molar-refractivity contribution in [3.05, 3.63) is 154 Å². The van der Waals surface area contributed by atoms with Crippen LogP contribution in [0.3, 0.4) is 0 Å². The first-order valence-corrected chi connectivity index (χ1v) is 22.9. The molecule has 15 nitrogen and oxygen atoms in total. The van der Waals surface area contributed by atoms with Crippen molar-refractivity contribution in [1.29, 1.82) is 0 Å². The molecular weight excluding hydrogens is 883 g/mol. The zero-order valence-electron chi connectivity index (χ0n) is 38.5. The highest BCUT2D eigenvalue weighted by atomic mass is 16.6. The van der Waals surface area contributed by atoms with Crippen LogP contribution in [0.1, 0.15) is 63.6 Å². The third kappa shape index (κ3) is 8.23. The van der Waals surface area contributed by atoms with Crippen LogP contribution in [0.2, 0.25) is 0 Å². The molecule has 4 heterocycles. The Morgan fingerprint density at radius 2 is 1.46 bits per heavy atom. The molecule has 0 radical (unpaired) electrons. The number of amides is 3. The molecule has 6 atom stereocenters. The van der Waals surface area contributed by atoms with Crippen LogP contribution in [0.5, 0.6) is 17.2 Å². The minimum Gasteiger partial charge on any atom is -0.493 e. The third-order valence-electron chi connectivity index (χ3n) is 13.5. The maximum absolute atomic E-state index is 16.6. The van der Waals surface area contributed by atoms with E-state index in [9.17, 15) is 15.0 Å². The smallest absolute Gasteiger partial charge is 0.421 e. The first-order chi connectivity index (χ1) is 33.7. The third-order valence-corrected chi connectivity index (χ3v) is 13.5. The predicted octanol–water partition coefficient (Wildman–Crippen LogP) is 5.84. The van der Waals surface area contributed by atoms with Gasteiger partial charge in [-0.25, -0.2) is 9.69 Å². The van der Waals surface area contributed by atoms with Crippen LogP contribution in [-0.4, -0.2) is 111 Å². The molecule has 0 aliphatic carbocycles. The van der Waals surface area contributed by atoms with Crippen molar-refractivity contribution in [1.82, 2.24) is 9.80 Å². The second-order valence-electron chi connectivity index (χ2n) is 17.1. The van der Waals surface area contributed by atoms with E-state index in [2.05, 4.69) is 11.8 Å². The Balaban J connectivity index is 1.37. The van der Waals surface area contributed by atoms with Crippen LogP contribution in [-0.2, 0) is 47.0 Å². The molecule has 0 aromatic heterocycles. The van der Waals surface area contributed by atoms with E-state index >= 15 is 14.4 Å². The Hall–Kier alpha value is -7.22. The number of morpholine rings is 1. The molecule has 0 saturated carbocycles. The summed E-state index contributed by atoms with van der Waals surface area (Å²) < 4.78 is 35.2. The van der Waals surface area contributed by atoms with E-state index in [0.717, 1.165) is 21.6 Å². The maximum Gasteiger partial charge on any atom is 0.421 e. The van der Waals surface area contributed by atoms with Gasteiger partial charge in [-0.3, -0.25) is 19.3 Å². The number of imide groups is 1. The molecule has 4 aliphatic rings. The number of methoxy groups -OCH3 is 3. The van der Waals surface area contributed by atoms with E-state index in [-0.39, 0.29) is 69.5 Å². The Bertz CT molecular complexity index is 2790. The average molecular weight is 936 g/mol. The maximum atomic E-state index is 16.6. The number of aliphatic hydroxyl groups excluding tert-OH is 2. The lowest BCUT2D eigenvalue weighted by molar-refractivity contribution is -0.179. The first kappa shape index (κ1) is 46.9. The summed E-state index contributed by atoms with van der Waals surface area (Å²) in [6, 6.07) is 31.0. The SMILES string of the molecule is COCCOC(=O)N1C(=O)[C@@]2(c3cc(C#CCCO)ccc31)[C@H](C(=O)N1CCc3cc(OC)c(OC)cc3C1)[C@H]1C(=O)O[C@H](c3ccccc3)[C@H](c3ccccc3)N1[C@@H]2c1ccccc1OCCO. The minimum absolute atomic E-state index is 0.0406. The van der Waals surface area contributed by atoms with E-state index in [1.54, 1.807) is 54.5 Å². The van der Waals surface area contributed by atoms with Crippen molar-refractivity contribution in [2.24, 2.45) is 5.92 Å². The molecule has 4 aliphatic heterocycles. The van der Waals surface area contributed by atoms with Gasteiger partial charge in [-0.15, -0.1) is 0 Å². The second-order valence-corrected chi connectivity index (χ2v) is 17.1. The molecule has 356 valence electrons. The summed E-state index contributed by atoms with van der Waals surface area (Å²) in [6.45, 7) is -0.486. The van der Waals surface area contributed by atoms with E-state index in [4.69, 9.17) is 28.4 Å². The Morgan fingerprint density at radius 1 is 0.768 bits per heavy atom. The van der Waals surface area contributed by atoms with Gasteiger partial charge in [0.15, 0.2) is 11.5 Å². The van der Waals surface area contributed by atoms with Gasteiger partial charge in [-0.2, -0.15) is 0 Å². The number of cyclic esters (lactones) is 1. The largest absolute Gasteiger partial charge is 0.493 e. The zero-order chi connectivity index (χ0) is 48.2. The van der Waals surface area contributed by atoms with Gasteiger partial charge in [0.1, 0.15) is 36.5 Å². The number of carbonyl (C=O) groups is 4. The van der Waals surface area contributed by atoms with E-state index in [0.29, 0.717) is 34.6 Å². The van der Waals surface area contributed by atoms with E-state index in [1.165, 1.54) is 14.2 Å². The van der Waals surface area contributed by atoms with Crippen molar-refractivity contribution >= 4 is 29.6 Å². The molecule has 1 spiro atoms. The molecule has 2 N–H and O–H groups in total. The van der Waals surface area contributed by atoms with Gasteiger partial charge in [0, 0.05) is 37.7 Å². The van der Waals surface area contributed by atoms with E-state index < -0.39 is 59.4 Å². The molecular formula is C54H53N3O12. The number of fused-ring (bicyclic) bond motifs is 4. The summed E-state index contributed by atoms with van der Waals surface area (Å²) in [6.07, 6.45) is -1.39. The zero-order valence-corrected chi connectivity index (χ0v) is 38.5. The molecule has 2 saturated heterocycles. The number of esters is 1. The Labute approximate surface area is 400 Å². The summed E-state index contributed by atoms with van der Waals surface area (Å²) in [5.74, 6) is 3.72. The highest BCUT2D eigenvalue weighted by Crippen LogP contribution is 2.67. The Kier molecular flexibility index (Phi) is 13.7.